The van der Waals surface area contributed by atoms with Crippen molar-refractivity contribution in [2.45, 2.75) is 25.4 Å². The summed E-state index contributed by atoms with van der Waals surface area (Å²) < 4.78 is 22.7. The van der Waals surface area contributed by atoms with Gasteiger partial charge in [0, 0.05) is 6.04 Å². The zero-order valence-electron chi connectivity index (χ0n) is 9.50. The van der Waals surface area contributed by atoms with Crippen molar-refractivity contribution in [3.05, 3.63) is 0 Å². The topological polar surface area (TPSA) is 118 Å². The first-order chi connectivity index (χ1) is 7.73. The highest BCUT2D eigenvalue weighted by Crippen LogP contribution is 2.19. The van der Waals surface area contributed by atoms with Crippen molar-refractivity contribution < 1.29 is 23.1 Å². The number of carbonyl (C=O) groups is 2. The largest absolute Gasteiger partial charge is 0.480 e. The number of carbonyl (C=O) groups excluding carboxylic acids is 1. The van der Waals surface area contributed by atoms with Crippen molar-refractivity contribution in [2.75, 3.05) is 18.1 Å². The highest BCUT2D eigenvalue weighted by molar-refractivity contribution is 7.91. The van der Waals surface area contributed by atoms with Gasteiger partial charge in [-0.15, -0.1) is 0 Å². The summed E-state index contributed by atoms with van der Waals surface area (Å²) in [5.41, 5.74) is 5.12. The van der Waals surface area contributed by atoms with Gasteiger partial charge in [0.2, 0.25) is 5.91 Å². The predicted molar refractivity (Wildman–Crippen MR) is 60.1 cm³/mol. The van der Waals surface area contributed by atoms with Crippen LogP contribution in [0.4, 0.5) is 0 Å². The number of aliphatic carboxylic acids is 1. The van der Waals surface area contributed by atoms with E-state index >= 15 is 0 Å². The van der Waals surface area contributed by atoms with Crippen LogP contribution >= 0.6 is 0 Å². The van der Waals surface area contributed by atoms with E-state index in [2.05, 4.69) is 0 Å². The molecule has 8 heteroatoms. The lowest BCUT2D eigenvalue weighted by atomic mass is 10.1. The van der Waals surface area contributed by atoms with E-state index in [1.165, 1.54) is 11.8 Å². The Morgan fingerprint density at radius 2 is 2.12 bits per heavy atom. The van der Waals surface area contributed by atoms with E-state index in [0.29, 0.717) is 6.42 Å². The number of rotatable bonds is 5. The van der Waals surface area contributed by atoms with E-state index < -0.39 is 33.8 Å². The molecule has 1 aliphatic rings. The molecule has 2 atom stereocenters. The van der Waals surface area contributed by atoms with E-state index in [1.807, 2.05) is 0 Å². The fourth-order valence-electron chi connectivity index (χ4n) is 1.94. The van der Waals surface area contributed by atoms with Gasteiger partial charge in [0.15, 0.2) is 9.84 Å². The molecular formula is C9H16N2O5S. The van der Waals surface area contributed by atoms with Crippen LogP contribution in [0.15, 0.2) is 0 Å². The second kappa shape index (κ2) is 5.01. The average Bonchev–Trinajstić information content (AvgIpc) is 2.53. The molecule has 1 rings (SSSR count). The Labute approximate surface area is 99.5 Å². The Balaban J connectivity index is 2.84. The number of nitrogens with zero attached hydrogens (tertiary/aromatic N) is 1. The molecule has 2 unspecified atom stereocenters. The van der Waals surface area contributed by atoms with Crippen LogP contribution < -0.4 is 5.73 Å². The predicted octanol–water partition coefficient (Wildman–Crippen LogP) is -1.57. The van der Waals surface area contributed by atoms with E-state index in [9.17, 15) is 18.0 Å². The summed E-state index contributed by atoms with van der Waals surface area (Å²) in [6.45, 7) is 1.10. The smallest absolute Gasteiger partial charge is 0.317 e. The molecule has 1 aliphatic heterocycles. The van der Waals surface area contributed by atoms with Crippen molar-refractivity contribution in [1.29, 1.82) is 0 Å². The second-order valence-corrected chi connectivity index (χ2v) is 6.43. The Kier molecular flexibility index (Phi) is 4.10. The summed E-state index contributed by atoms with van der Waals surface area (Å²) in [6.07, 6.45) is 0.341. The molecule has 0 bridgehead atoms. The molecule has 1 saturated heterocycles. The van der Waals surface area contributed by atoms with Crippen LogP contribution in [0.25, 0.3) is 0 Å². The first-order valence-corrected chi connectivity index (χ1v) is 7.02. The lowest BCUT2D eigenvalue weighted by Crippen LogP contribution is -2.50. The van der Waals surface area contributed by atoms with Crippen LogP contribution in [0.1, 0.15) is 13.3 Å². The van der Waals surface area contributed by atoms with Gasteiger partial charge in [-0.25, -0.2) is 8.42 Å². The monoisotopic (exact) mass is 264 g/mol. The average molecular weight is 264 g/mol. The van der Waals surface area contributed by atoms with Gasteiger partial charge in [-0.1, -0.05) is 0 Å². The van der Waals surface area contributed by atoms with Gasteiger partial charge in [-0.05, 0) is 13.3 Å². The van der Waals surface area contributed by atoms with E-state index in [-0.39, 0.29) is 18.1 Å². The molecule has 0 aliphatic carbocycles. The minimum atomic E-state index is -3.12. The molecule has 0 spiro atoms. The molecule has 17 heavy (non-hydrogen) atoms. The third-order valence-electron chi connectivity index (χ3n) is 2.90. The molecule has 1 fully saturated rings. The minimum Gasteiger partial charge on any atom is -0.480 e. The maximum absolute atomic E-state index is 11.3. The standard InChI is InChI=1S/C9H16N2O5S/c1-6(9(10)14)11(4-8(12)13)7-2-3-17(15,16)5-7/h6-7H,2-5H2,1H3,(H2,10,14)(H,12,13). The highest BCUT2D eigenvalue weighted by atomic mass is 32.2. The van der Waals surface area contributed by atoms with E-state index in [4.69, 9.17) is 10.8 Å². The number of amides is 1. The van der Waals surface area contributed by atoms with E-state index in [1.54, 1.807) is 0 Å². The number of hydrogen-bond donors (Lipinski definition) is 2. The molecule has 0 aromatic rings. The van der Waals surface area contributed by atoms with Gasteiger partial charge >= 0.3 is 5.97 Å². The minimum absolute atomic E-state index is 0.0271. The third kappa shape index (κ3) is 3.67. The Hall–Kier alpha value is -1.15. The Morgan fingerprint density at radius 1 is 1.53 bits per heavy atom. The van der Waals surface area contributed by atoms with Gasteiger partial charge in [0.25, 0.3) is 0 Å². The number of primary amides is 1. The molecule has 3 N–H and O–H groups in total. The summed E-state index contributed by atoms with van der Waals surface area (Å²) in [6, 6.07) is -1.23. The van der Waals surface area contributed by atoms with Crippen molar-refractivity contribution >= 4 is 21.7 Å². The highest BCUT2D eigenvalue weighted by Gasteiger charge is 2.36. The fourth-order valence-corrected chi connectivity index (χ4v) is 3.68. The molecule has 7 nitrogen and oxygen atoms in total. The zero-order valence-corrected chi connectivity index (χ0v) is 10.3. The van der Waals surface area contributed by atoms with Crippen LogP contribution in [0.3, 0.4) is 0 Å². The second-order valence-electron chi connectivity index (χ2n) is 4.20. The number of carboxylic acids is 1. The van der Waals surface area contributed by atoms with E-state index in [0.717, 1.165) is 0 Å². The number of carboxylic acid groups (broad SMARTS) is 1. The summed E-state index contributed by atoms with van der Waals surface area (Å²) in [4.78, 5) is 23.1. The van der Waals surface area contributed by atoms with Gasteiger partial charge in [0.1, 0.15) is 0 Å². The molecule has 0 aromatic carbocycles. The SMILES string of the molecule is CC(C(N)=O)N(CC(=O)O)C1CCS(=O)(=O)C1. The molecule has 1 amide bonds. The lowest BCUT2D eigenvalue weighted by Gasteiger charge is -2.30. The maximum Gasteiger partial charge on any atom is 0.317 e. The van der Waals surface area contributed by atoms with Crippen molar-refractivity contribution in [2.24, 2.45) is 5.73 Å². The maximum atomic E-state index is 11.3. The van der Waals surface area contributed by atoms with Gasteiger partial charge in [0.05, 0.1) is 24.1 Å². The normalized spacial score (nSPS) is 24.7. The summed E-state index contributed by atoms with van der Waals surface area (Å²) >= 11 is 0. The van der Waals surface area contributed by atoms with Crippen LogP contribution in [0, 0.1) is 0 Å². The summed E-state index contributed by atoms with van der Waals surface area (Å²) in [5, 5.41) is 8.76. The molecule has 1 heterocycles. The Morgan fingerprint density at radius 3 is 2.47 bits per heavy atom. The lowest BCUT2D eigenvalue weighted by molar-refractivity contribution is -0.140. The van der Waals surface area contributed by atoms with Gasteiger partial charge in [-0.2, -0.15) is 0 Å². The molecule has 0 saturated carbocycles. The number of hydrogen-bond acceptors (Lipinski definition) is 5. The number of nitrogens with two attached hydrogens (primary N) is 1. The third-order valence-corrected chi connectivity index (χ3v) is 4.65. The first kappa shape index (κ1) is 13.9. The molecular weight excluding hydrogens is 248 g/mol. The Bertz CT molecular complexity index is 419. The quantitative estimate of drug-likeness (QED) is 0.619. The van der Waals surface area contributed by atoms with Gasteiger partial charge in [-0.3, -0.25) is 14.5 Å². The van der Waals surface area contributed by atoms with Crippen molar-refractivity contribution in [3.8, 4) is 0 Å². The first-order valence-electron chi connectivity index (χ1n) is 5.20. The van der Waals surface area contributed by atoms with Crippen LogP contribution in [-0.2, 0) is 19.4 Å². The summed E-state index contributed by atoms with van der Waals surface area (Å²) in [7, 11) is -3.12. The van der Waals surface area contributed by atoms with Crippen LogP contribution in [0.5, 0.6) is 0 Å². The molecule has 0 aromatic heterocycles. The van der Waals surface area contributed by atoms with Crippen molar-refractivity contribution in [3.63, 3.8) is 0 Å². The molecule has 0 radical (unpaired) electrons. The van der Waals surface area contributed by atoms with Crippen LogP contribution in [0.2, 0.25) is 0 Å². The molecule has 98 valence electrons. The van der Waals surface area contributed by atoms with Crippen molar-refractivity contribution in [1.82, 2.24) is 4.90 Å². The zero-order chi connectivity index (χ0) is 13.2. The number of sulfone groups is 1. The summed E-state index contributed by atoms with van der Waals surface area (Å²) in [5.74, 6) is -1.85. The van der Waals surface area contributed by atoms with Gasteiger partial charge < -0.3 is 10.8 Å². The fraction of sp³-hybridized carbons (Fsp3) is 0.778. The van der Waals surface area contributed by atoms with Crippen LogP contribution in [-0.4, -0.2) is 60.4 Å².